The highest BCUT2D eigenvalue weighted by molar-refractivity contribution is 6.00. The SMILES string of the molecule is O=C(N[C@@H]1CC[C@H](C(=O)O)C1)c1cnn(C2CCCC2)c1-c1ccccc1. The maximum absolute atomic E-state index is 13.0. The van der Waals surface area contributed by atoms with E-state index in [0.717, 1.165) is 24.1 Å². The van der Waals surface area contributed by atoms with Gasteiger partial charge in [-0.05, 0) is 32.1 Å². The van der Waals surface area contributed by atoms with Gasteiger partial charge in [-0.3, -0.25) is 14.3 Å². The average molecular weight is 367 g/mol. The normalized spacial score (nSPS) is 22.8. The number of carboxylic acid groups (broad SMARTS) is 1. The Morgan fingerprint density at radius 2 is 1.81 bits per heavy atom. The van der Waals surface area contributed by atoms with Gasteiger partial charge in [0.2, 0.25) is 0 Å². The second kappa shape index (κ2) is 7.55. The molecule has 4 rings (SSSR count). The summed E-state index contributed by atoms with van der Waals surface area (Å²) in [5, 5.41) is 16.8. The molecule has 0 aliphatic heterocycles. The molecule has 2 aromatic rings. The number of hydrogen-bond donors (Lipinski definition) is 2. The van der Waals surface area contributed by atoms with Crippen molar-refractivity contribution in [1.82, 2.24) is 15.1 Å². The molecule has 2 saturated carbocycles. The highest BCUT2D eigenvalue weighted by Gasteiger charge is 2.32. The Morgan fingerprint density at radius 3 is 2.48 bits per heavy atom. The number of carbonyl (C=O) groups is 2. The Morgan fingerprint density at radius 1 is 1.07 bits per heavy atom. The first-order valence-electron chi connectivity index (χ1n) is 9.80. The lowest BCUT2D eigenvalue weighted by molar-refractivity contribution is -0.141. The van der Waals surface area contributed by atoms with Gasteiger partial charge in [0.25, 0.3) is 5.91 Å². The molecule has 1 amide bonds. The number of carbonyl (C=O) groups excluding carboxylic acids is 1. The molecule has 6 heteroatoms. The predicted molar refractivity (Wildman–Crippen MR) is 101 cm³/mol. The zero-order valence-corrected chi connectivity index (χ0v) is 15.3. The Labute approximate surface area is 158 Å². The van der Waals surface area contributed by atoms with Gasteiger partial charge in [0.1, 0.15) is 0 Å². The van der Waals surface area contributed by atoms with E-state index >= 15 is 0 Å². The molecule has 1 heterocycles. The highest BCUT2D eigenvalue weighted by atomic mass is 16.4. The summed E-state index contributed by atoms with van der Waals surface area (Å²) in [6.45, 7) is 0. The number of nitrogens with one attached hydrogen (secondary N) is 1. The van der Waals surface area contributed by atoms with E-state index in [4.69, 9.17) is 0 Å². The lowest BCUT2D eigenvalue weighted by Crippen LogP contribution is -2.33. The molecule has 142 valence electrons. The molecule has 2 atom stereocenters. The second-order valence-electron chi connectivity index (χ2n) is 7.67. The minimum absolute atomic E-state index is 0.0861. The van der Waals surface area contributed by atoms with Crippen LogP contribution in [0.25, 0.3) is 11.3 Å². The van der Waals surface area contributed by atoms with Crippen molar-refractivity contribution in [3.05, 3.63) is 42.1 Å². The Bertz CT molecular complexity index is 824. The van der Waals surface area contributed by atoms with Crippen LogP contribution in [0.1, 0.15) is 61.3 Å². The summed E-state index contributed by atoms with van der Waals surface area (Å²) in [7, 11) is 0. The maximum Gasteiger partial charge on any atom is 0.306 e. The molecule has 0 radical (unpaired) electrons. The fraction of sp³-hybridized carbons (Fsp3) is 0.476. The van der Waals surface area contributed by atoms with E-state index in [2.05, 4.69) is 10.4 Å². The monoisotopic (exact) mass is 367 g/mol. The van der Waals surface area contributed by atoms with Crippen LogP contribution in [0.5, 0.6) is 0 Å². The minimum Gasteiger partial charge on any atom is -0.481 e. The van der Waals surface area contributed by atoms with Crippen LogP contribution in [0.15, 0.2) is 36.5 Å². The van der Waals surface area contributed by atoms with Crippen molar-refractivity contribution < 1.29 is 14.7 Å². The molecular weight excluding hydrogens is 342 g/mol. The van der Waals surface area contributed by atoms with Gasteiger partial charge in [-0.1, -0.05) is 43.2 Å². The zero-order valence-electron chi connectivity index (χ0n) is 15.3. The van der Waals surface area contributed by atoms with E-state index in [1.807, 2.05) is 35.0 Å². The number of aliphatic carboxylic acids is 1. The van der Waals surface area contributed by atoms with E-state index in [-0.39, 0.29) is 17.9 Å². The van der Waals surface area contributed by atoms with E-state index in [0.29, 0.717) is 30.9 Å². The van der Waals surface area contributed by atoms with E-state index in [1.165, 1.54) is 12.8 Å². The van der Waals surface area contributed by atoms with Crippen molar-refractivity contribution in [3.63, 3.8) is 0 Å². The van der Waals surface area contributed by atoms with Gasteiger partial charge in [-0.25, -0.2) is 0 Å². The van der Waals surface area contributed by atoms with Crippen LogP contribution < -0.4 is 5.32 Å². The molecule has 0 bridgehead atoms. The number of rotatable bonds is 5. The third-order valence-corrected chi connectivity index (χ3v) is 5.87. The van der Waals surface area contributed by atoms with Crippen LogP contribution in [0.4, 0.5) is 0 Å². The fourth-order valence-electron chi connectivity index (χ4n) is 4.44. The molecule has 2 aliphatic rings. The second-order valence-corrected chi connectivity index (χ2v) is 7.67. The van der Waals surface area contributed by atoms with Crippen molar-refractivity contribution >= 4 is 11.9 Å². The van der Waals surface area contributed by atoms with Crippen LogP contribution in [-0.2, 0) is 4.79 Å². The van der Waals surface area contributed by atoms with Crippen LogP contribution in [0.2, 0.25) is 0 Å². The molecule has 1 aromatic carbocycles. The molecule has 2 fully saturated rings. The largest absolute Gasteiger partial charge is 0.481 e. The lowest BCUT2D eigenvalue weighted by Gasteiger charge is -2.17. The molecule has 0 unspecified atom stereocenters. The van der Waals surface area contributed by atoms with Gasteiger partial charge in [0.05, 0.1) is 29.4 Å². The summed E-state index contributed by atoms with van der Waals surface area (Å²) < 4.78 is 2.02. The zero-order chi connectivity index (χ0) is 18.8. The molecule has 1 aromatic heterocycles. The third kappa shape index (κ3) is 3.61. The highest BCUT2D eigenvalue weighted by Crippen LogP contribution is 2.35. The van der Waals surface area contributed by atoms with Crippen molar-refractivity contribution in [2.75, 3.05) is 0 Å². The minimum atomic E-state index is -0.772. The van der Waals surface area contributed by atoms with Crippen molar-refractivity contribution in [1.29, 1.82) is 0 Å². The molecule has 0 saturated heterocycles. The van der Waals surface area contributed by atoms with Crippen LogP contribution in [0, 0.1) is 5.92 Å². The predicted octanol–water partition coefficient (Wildman–Crippen LogP) is 3.65. The standard InChI is InChI=1S/C21H25N3O3/c25-20(23-16-11-10-15(12-16)21(26)27)18-13-22-24(17-8-4-5-9-17)19(18)14-6-2-1-3-7-14/h1-3,6-7,13,15-17H,4-5,8-12H2,(H,23,25)(H,26,27)/t15-,16+/m0/s1. The van der Waals surface area contributed by atoms with Crippen molar-refractivity contribution in [2.45, 2.75) is 57.0 Å². The topological polar surface area (TPSA) is 84.2 Å². The molecular formula is C21H25N3O3. The van der Waals surface area contributed by atoms with Gasteiger partial charge < -0.3 is 10.4 Å². The summed E-state index contributed by atoms with van der Waals surface area (Å²) in [5.41, 5.74) is 2.43. The average Bonchev–Trinajstić information content (AvgIpc) is 3.41. The number of benzene rings is 1. The Hall–Kier alpha value is -2.63. The number of carboxylic acids is 1. The van der Waals surface area contributed by atoms with Gasteiger partial charge in [0, 0.05) is 11.6 Å². The van der Waals surface area contributed by atoms with E-state index < -0.39 is 5.97 Å². The Kier molecular flexibility index (Phi) is 4.97. The summed E-state index contributed by atoms with van der Waals surface area (Å²) in [4.78, 5) is 24.2. The van der Waals surface area contributed by atoms with Crippen LogP contribution >= 0.6 is 0 Å². The van der Waals surface area contributed by atoms with Crippen LogP contribution in [-0.4, -0.2) is 32.8 Å². The molecule has 6 nitrogen and oxygen atoms in total. The number of hydrogen-bond acceptors (Lipinski definition) is 3. The first kappa shape index (κ1) is 17.8. The van der Waals surface area contributed by atoms with Crippen LogP contribution in [0.3, 0.4) is 0 Å². The first-order chi connectivity index (χ1) is 13.1. The lowest BCUT2D eigenvalue weighted by atomic mass is 10.1. The summed E-state index contributed by atoms with van der Waals surface area (Å²) in [5.74, 6) is -1.29. The molecule has 2 N–H and O–H groups in total. The molecule has 27 heavy (non-hydrogen) atoms. The summed E-state index contributed by atoms with van der Waals surface area (Å²) in [6.07, 6.45) is 8.06. The summed E-state index contributed by atoms with van der Waals surface area (Å²) >= 11 is 0. The van der Waals surface area contributed by atoms with Gasteiger partial charge in [-0.2, -0.15) is 5.10 Å². The fourth-order valence-corrected chi connectivity index (χ4v) is 4.44. The number of nitrogens with zero attached hydrogens (tertiary/aromatic N) is 2. The third-order valence-electron chi connectivity index (χ3n) is 5.87. The smallest absolute Gasteiger partial charge is 0.306 e. The van der Waals surface area contributed by atoms with Crippen molar-refractivity contribution in [2.24, 2.45) is 5.92 Å². The Balaban J connectivity index is 1.60. The maximum atomic E-state index is 13.0. The van der Waals surface area contributed by atoms with Gasteiger partial charge >= 0.3 is 5.97 Å². The number of aromatic nitrogens is 2. The van der Waals surface area contributed by atoms with Gasteiger partial charge in [-0.15, -0.1) is 0 Å². The van der Waals surface area contributed by atoms with E-state index in [9.17, 15) is 14.7 Å². The van der Waals surface area contributed by atoms with Gasteiger partial charge in [0.15, 0.2) is 0 Å². The molecule has 2 aliphatic carbocycles. The first-order valence-corrected chi connectivity index (χ1v) is 9.80. The summed E-state index contributed by atoms with van der Waals surface area (Å²) in [6, 6.07) is 10.2. The quantitative estimate of drug-likeness (QED) is 0.845. The van der Waals surface area contributed by atoms with E-state index in [1.54, 1.807) is 6.20 Å². The number of amides is 1. The van der Waals surface area contributed by atoms with Crippen molar-refractivity contribution in [3.8, 4) is 11.3 Å². The molecule has 0 spiro atoms.